The number of anilines is 2. The molecule has 1 heterocycles. The molecule has 102 valence electrons. The van der Waals surface area contributed by atoms with Gasteiger partial charge in [-0.15, -0.1) is 0 Å². The van der Waals surface area contributed by atoms with Crippen molar-refractivity contribution in [3.63, 3.8) is 0 Å². The van der Waals surface area contributed by atoms with E-state index in [2.05, 4.69) is 34.6 Å². The summed E-state index contributed by atoms with van der Waals surface area (Å²) >= 11 is 0. The number of rotatable bonds is 3. The first-order chi connectivity index (χ1) is 10.3. The largest absolute Gasteiger partial charge is 0.396 e. The highest BCUT2D eigenvalue weighted by molar-refractivity contribution is 5.85. The van der Waals surface area contributed by atoms with Crippen LogP contribution < -0.4 is 11.1 Å². The number of benzene rings is 2. The van der Waals surface area contributed by atoms with E-state index in [-0.39, 0.29) is 5.69 Å². The van der Waals surface area contributed by atoms with Gasteiger partial charge in [0.2, 0.25) is 0 Å². The molecule has 4 nitrogen and oxygen atoms in total. The normalized spacial score (nSPS) is 10.2. The number of nitrogens with zero attached hydrogens (tertiary/aromatic N) is 2. The van der Waals surface area contributed by atoms with E-state index in [1.54, 1.807) is 12.1 Å². The summed E-state index contributed by atoms with van der Waals surface area (Å²) in [7, 11) is 0. The molecule has 21 heavy (non-hydrogen) atoms. The Labute approximate surface area is 122 Å². The first kappa shape index (κ1) is 12.9. The SMILES string of the molecule is N#Cc1nc(NCc2cccc3ccccc23)ccc1N. The minimum Gasteiger partial charge on any atom is -0.396 e. The second-order valence-corrected chi connectivity index (χ2v) is 4.74. The zero-order valence-electron chi connectivity index (χ0n) is 11.4. The van der Waals surface area contributed by atoms with Crippen LogP contribution in [0.2, 0.25) is 0 Å². The molecule has 4 heteroatoms. The van der Waals surface area contributed by atoms with Crippen LogP contribution in [-0.4, -0.2) is 4.98 Å². The molecule has 0 aliphatic heterocycles. The number of fused-ring (bicyclic) bond motifs is 1. The van der Waals surface area contributed by atoms with Gasteiger partial charge >= 0.3 is 0 Å². The molecule has 0 amide bonds. The van der Waals surface area contributed by atoms with Crippen molar-refractivity contribution in [1.29, 1.82) is 5.26 Å². The number of pyridine rings is 1. The van der Waals surface area contributed by atoms with Crippen molar-refractivity contribution in [3.8, 4) is 6.07 Å². The first-order valence-corrected chi connectivity index (χ1v) is 6.65. The lowest BCUT2D eigenvalue weighted by Crippen LogP contribution is -2.04. The van der Waals surface area contributed by atoms with E-state index in [0.29, 0.717) is 18.1 Å². The van der Waals surface area contributed by atoms with E-state index in [1.165, 1.54) is 16.3 Å². The van der Waals surface area contributed by atoms with Gasteiger partial charge in [0.1, 0.15) is 11.9 Å². The zero-order valence-corrected chi connectivity index (χ0v) is 11.4. The fraction of sp³-hybridized carbons (Fsp3) is 0.0588. The lowest BCUT2D eigenvalue weighted by Gasteiger charge is -2.09. The van der Waals surface area contributed by atoms with E-state index in [0.717, 1.165) is 0 Å². The van der Waals surface area contributed by atoms with Gasteiger partial charge in [0.15, 0.2) is 5.69 Å². The molecular weight excluding hydrogens is 260 g/mol. The Morgan fingerprint density at radius 3 is 2.71 bits per heavy atom. The monoisotopic (exact) mass is 274 g/mol. The summed E-state index contributed by atoms with van der Waals surface area (Å²) in [5.41, 5.74) is 7.50. The Bertz CT molecular complexity index is 828. The second kappa shape index (κ2) is 5.51. The molecule has 0 radical (unpaired) electrons. The highest BCUT2D eigenvalue weighted by Crippen LogP contribution is 2.20. The maximum absolute atomic E-state index is 8.95. The van der Waals surface area contributed by atoms with Crippen LogP contribution >= 0.6 is 0 Å². The third-order valence-corrected chi connectivity index (χ3v) is 3.37. The Hall–Kier alpha value is -3.06. The smallest absolute Gasteiger partial charge is 0.165 e. The molecule has 0 saturated carbocycles. The van der Waals surface area contributed by atoms with Gasteiger partial charge in [-0.05, 0) is 28.5 Å². The maximum atomic E-state index is 8.95. The molecule has 0 fully saturated rings. The van der Waals surface area contributed by atoms with Gasteiger partial charge in [-0.2, -0.15) is 5.26 Å². The van der Waals surface area contributed by atoms with E-state index < -0.39 is 0 Å². The van der Waals surface area contributed by atoms with E-state index in [9.17, 15) is 0 Å². The molecule has 0 spiro atoms. The highest BCUT2D eigenvalue weighted by Gasteiger charge is 2.03. The van der Waals surface area contributed by atoms with E-state index >= 15 is 0 Å². The molecule has 3 aromatic rings. The fourth-order valence-corrected chi connectivity index (χ4v) is 2.29. The summed E-state index contributed by atoms with van der Waals surface area (Å²) in [5.74, 6) is 0.647. The molecule has 0 aliphatic carbocycles. The molecule has 0 aliphatic rings. The molecule has 0 atom stereocenters. The number of nitrogens with two attached hydrogens (primary N) is 1. The van der Waals surface area contributed by atoms with Gasteiger partial charge in [-0.25, -0.2) is 4.98 Å². The first-order valence-electron chi connectivity index (χ1n) is 6.65. The van der Waals surface area contributed by atoms with Crippen molar-refractivity contribution in [3.05, 3.63) is 65.9 Å². The average Bonchev–Trinajstić information content (AvgIpc) is 2.54. The Kier molecular flexibility index (Phi) is 3.40. The molecule has 2 aromatic carbocycles. The Morgan fingerprint density at radius 2 is 1.86 bits per heavy atom. The molecule has 3 N–H and O–H groups in total. The van der Waals surface area contributed by atoms with Gasteiger partial charge in [0.05, 0.1) is 5.69 Å². The minimum atomic E-state index is 0.248. The van der Waals surface area contributed by atoms with Crippen LogP contribution in [0.25, 0.3) is 10.8 Å². The van der Waals surface area contributed by atoms with Crippen LogP contribution in [0.15, 0.2) is 54.6 Å². The number of hydrogen-bond donors (Lipinski definition) is 2. The molecule has 3 rings (SSSR count). The summed E-state index contributed by atoms with van der Waals surface area (Å²) < 4.78 is 0. The van der Waals surface area contributed by atoms with Gasteiger partial charge in [0.25, 0.3) is 0 Å². The van der Waals surface area contributed by atoms with Gasteiger partial charge in [0, 0.05) is 6.54 Å². The third kappa shape index (κ3) is 2.63. The summed E-state index contributed by atoms with van der Waals surface area (Å²) in [6.45, 7) is 0.642. The van der Waals surface area contributed by atoms with Crippen molar-refractivity contribution in [1.82, 2.24) is 4.98 Å². The summed E-state index contributed by atoms with van der Waals surface area (Å²) in [4.78, 5) is 4.19. The number of nitriles is 1. The lowest BCUT2D eigenvalue weighted by molar-refractivity contribution is 1.12. The number of nitrogens with one attached hydrogen (secondary N) is 1. The molecule has 0 unspecified atom stereocenters. The van der Waals surface area contributed by atoms with Crippen LogP contribution in [0.4, 0.5) is 11.5 Å². The Balaban J connectivity index is 1.86. The lowest BCUT2D eigenvalue weighted by atomic mass is 10.0. The van der Waals surface area contributed by atoms with Gasteiger partial charge in [-0.3, -0.25) is 0 Å². The number of hydrogen-bond acceptors (Lipinski definition) is 4. The highest BCUT2D eigenvalue weighted by atomic mass is 15.0. The topological polar surface area (TPSA) is 74.7 Å². The predicted octanol–water partition coefficient (Wildman–Crippen LogP) is 3.30. The molecule has 1 aromatic heterocycles. The van der Waals surface area contributed by atoms with Crippen molar-refractivity contribution >= 4 is 22.3 Å². The van der Waals surface area contributed by atoms with E-state index in [1.807, 2.05) is 24.3 Å². The third-order valence-electron chi connectivity index (χ3n) is 3.37. The predicted molar refractivity (Wildman–Crippen MR) is 84.6 cm³/mol. The van der Waals surface area contributed by atoms with Crippen LogP contribution in [0, 0.1) is 11.3 Å². The van der Waals surface area contributed by atoms with Crippen LogP contribution in [-0.2, 0) is 6.54 Å². The molecule has 0 bridgehead atoms. The second-order valence-electron chi connectivity index (χ2n) is 4.74. The molecular formula is C17H14N4. The molecule has 0 saturated heterocycles. The van der Waals surface area contributed by atoms with Crippen molar-refractivity contribution in [2.75, 3.05) is 11.1 Å². The van der Waals surface area contributed by atoms with Crippen LogP contribution in [0.3, 0.4) is 0 Å². The Morgan fingerprint density at radius 1 is 1.05 bits per heavy atom. The average molecular weight is 274 g/mol. The van der Waals surface area contributed by atoms with Crippen molar-refractivity contribution in [2.24, 2.45) is 0 Å². The van der Waals surface area contributed by atoms with Crippen LogP contribution in [0.1, 0.15) is 11.3 Å². The standard InChI is InChI=1S/C17H14N4/c18-10-16-15(19)8-9-17(21-16)20-11-13-6-3-5-12-4-1-2-7-14(12)13/h1-9H,11,19H2,(H,20,21). The zero-order chi connectivity index (χ0) is 14.7. The summed E-state index contributed by atoms with van der Waals surface area (Å²) in [5, 5.41) is 14.6. The quantitative estimate of drug-likeness (QED) is 0.768. The fourth-order valence-electron chi connectivity index (χ4n) is 2.29. The van der Waals surface area contributed by atoms with Crippen molar-refractivity contribution in [2.45, 2.75) is 6.54 Å². The van der Waals surface area contributed by atoms with Crippen LogP contribution in [0.5, 0.6) is 0 Å². The number of aromatic nitrogens is 1. The number of nitrogen functional groups attached to an aromatic ring is 1. The van der Waals surface area contributed by atoms with Gasteiger partial charge in [-0.1, -0.05) is 42.5 Å². The minimum absolute atomic E-state index is 0.248. The van der Waals surface area contributed by atoms with Gasteiger partial charge < -0.3 is 11.1 Å². The summed E-state index contributed by atoms with van der Waals surface area (Å²) in [6.07, 6.45) is 0. The summed E-state index contributed by atoms with van der Waals surface area (Å²) in [6, 6.07) is 19.9. The van der Waals surface area contributed by atoms with E-state index in [4.69, 9.17) is 11.0 Å². The maximum Gasteiger partial charge on any atom is 0.165 e. The van der Waals surface area contributed by atoms with Crippen molar-refractivity contribution < 1.29 is 0 Å².